The number of furan rings is 1. The van der Waals surface area contributed by atoms with Crippen molar-refractivity contribution >= 4 is 49.7 Å². The maximum absolute atomic E-state index is 15.0. The Kier molecular flexibility index (Phi) is 11.6. The Morgan fingerprint density at radius 1 is 1.00 bits per heavy atom. The molecule has 2 saturated carbocycles. The molecule has 63 heavy (non-hydrogen) atoms. The summed E-state index contributed by atoms with van der Waals surface area (Å²) < 4.78 is 47.3. The minimum atomic E-state index is -3.86. The zero-order valence-electron chi connectivity index (χ0n) is 35.5. The topological polar surface area (TPSA) is 182 Å². The maximum Gasteiger partial charge on any atom is 0.262 e. The number of para-hydroxylation sites is 1. The van der Waals surface area contributed by atoms with Crippen molar-refractivity contribution in [2.75, 3.05) is 6.54 Å². The molecule has 14 heteroatoms. The number of nitriles is 1. The third-order valence-corrected chi connectivity index (χ3v) is 14.7. The van der Waals surface area contributed by atoms with Gasteiger partial charge in [0.25, 0.3) is 5.88 Å². The second-order valence-corrected chi connectivity index (χ2v) is 19.8. The smallest absolute Gasteiger partial charge is 0.262 e. The summed E-state index contributed by atoms with van der Waals surface area (Å²) in [6.07, 6.45) is 8.84. The molecule has 5 atom stereocenters. The van der Waals surface area contributed by atoms with Crippen LogP contribution in [0, 0.1) is 28.6 Å². The molecule has 0 radical (unpaired) electrons. The number of allylic oxidation sites excluding steroid dienone is 2. The van der Waals surface area contributed by atoms with Crippen LogP contribution in [0.4, 0.5) is 0 Å². The number of ketones is 1. The van der Waals surface area contributed by atoms with Crippen LogP contribution in [0.1, 0.15) is 89.2 Å². The second kappa shape index (κ2) is 17.2. The molecule has 326 valence electrons. The van der Waals surface area contributed by atoms with E-state index >= 15 is 4.79 Å². The van der Waals surface area contributed by atoms with E-state index in [-0.39, 0.29) is 49.0 Å². The summed E-state index contributed by atoms with van der Waals surface area (Å²) in [5.74, 6) is -0.690. The maximum atomic E-state index is 15.0. The van der Waals surface area contributed by atoms with Crippen molar-refractivity contribution in [2.45, 2.75) is 108 Å². The molecule has 9 rings (SSSR count). The number of hydrogen-bond donors (Lipinski definition) is 1. The molecule has 3 aromatic carbocycles. The highest BCUT2D eigenvalue weighted by Crippen LogP contribution is 2.57. The zero-order valence-corrected chi connectivity index (χ0v) is 36.3. The van der Waals surface area contributed by atoms with Crippen molar-refractivity contribution in [3.63, 3.8) is 0 Å². The lowest BCUT2D eigenvalue weighted by Crippen LogP contribution is -2.46. The van der Waals surface area contributed by atoms with Gasteiger partial charge >= 0.3 is 0 Å². The number of hydrogen-bond acceptors (Lipinski definition) is 11. The number of Topliss-reactive ketones (excluding diaryl/α,β-unsaturated/α-hetero) is 1. The average Bonchev–Trinajstić information content (AvgIpc) is 4.17. The number of carbonyl (C=O) groups excluding carboxylic acids is 3. The minimum absolute atomic E-state index is 0.0000849. The summed E-state index contributed by atoms with van der Waals surface area (Å²) in [6.45, 7) is 3.99. The number of benzene rings is 3. The second-order valence-electron chi connectivity index (χ2n) is 17.9. The largest absolute Gasteiger partial charge is 0.491 e. The summed E-state index contributed by atoms with van der Waals surface area (Å²) in [7, 11) is -3.86. The van der Waals surface area contributed by atoms with Gasteiger partial charge in [-0.25, -0.2) is 13.4 Å². The minimum Gasteiger partial charge on any atom is -0.491 e. The first-order valence-electron chi connectivity index (χ1n) is 22.1. The number of nitrogens with one attached hydrogen (secondary N) is 1. The van der Waals surface area contributed by atoms with Crippen molar-refractivity contribution < 1.29 is 36.7 Å². The number of amides is 2. The van der Waals surface area contributed by atoms with E-state index in [1.807, 2.05) is 86.7 Å². The number of sulfonamides is 1. The third kappa shape index (κ3) is 8.93. The van der Waals surface area contributed by atoms with Crippen LogP contribution in [0.15, 0.2) is 89.4 Å². The lowest BCUT2D eigenvalue weighted by Gasteiger charge is -2.29. The molecule has 2 aromatic heterocycles. The summed E-state index contributed by atoms with van der Waals surface area (Å²) in [5, 5.41) is 9.59. The summed E-state index contributed by atoms with van der Waals surface area (Å²) in [4.78, 5) is 55.3. The lowest BCUT2D eigenvalue weighted by molar-refractivity contribution is -0.142. The number of carbonyl (C=O) groups is 3. The predicted octanol–water partition coefficient (Wildman–Crippen LogP) is 8.00. The molecule has 2 aliphatic carbocycles. The van der Waals surface area contributed by atoms with E-state index in [0.29, 0.717) is 65.9 Å². The number of ether oxygens (including phenoxy) is 2. The average molecular weight is 870 g/mol. The van der Waals surface area contributed by atoms with Gasteiger partial charge in [-0.05, 0) is 119 Å². The number of aromatic nitrogens is 2. The molecule has 1 N–H and O–H groups in total. The van der Waals surface area contributed by atoms with Crippen LogP contribution in [0.25, 0.3) is 33.5 Å². The van der Waals surface area contributed by atoms with Gasteiger partial charge in [-0.1, -0.05) is 49.3 Å². The first kappa shape index (κ1) is 42.2. The highest BCUT2D eigenvalue weighted by Gasteiger charge is 2.61. The Balaban J connectivity index is 1.07. The Hall–Kier alpha value is -6.07. The fraction of sp³-hybridized carbons (Fsp3) is 0.429. The van der Waals surface area contributed by atoms with E-state index in [4.69, 9.17) is 23.9 Å². The molecule has 13 nitrogen and oxygen atoms in total. The monoisotopic (exact) mass is 869 g/mol. The fourth-order valence-corrected chi connectivity index (χ4v) is 10.6. The van der Waals surface area contributed by atoms with Gasteiger partial charge in [-0.15, -0.1) is 0 Å². The summed E-state index contributed by atoms with van der Waals surface area (Å²) in [5.41, 5.74) is 2.39. The number of fused-ring (bicyclic) bond motifs is 5. The molecule has 3 fully saturated rings. The molecule has 2 aliphatic heterocycles. The van der Waals surface area contributed by atoms with Gasteiger partial charge < -0.3 is 18.8 Å². The molecule has 4 heterocycles. The van der Waals surface area contributed by atoms with Gasteiger partial charge in [0.1, 0.15) is 23.0 Å². The number of nitrogens with zero attached hydrogens (tertiary/aromatic N) is 4. The molecule has 0 unspecified atom stereocenters. The van der Waals surface area contributed by atoms with Gasteiger partial charge in [-0.2, -0.15) is 10.2 Å². The molecular weight excluding hydrogens is 819 g/mol. The van der Waals surface area contributed by atoms with Crippen LogP contribution in [0.3, 0.4) is 0 Å². The van der Waals surface area contributed by atoms with Crippen molar-refractivity contribution in [3.05, 3.63) is 96.1 Å². The zero-order chi connectivity index (χ0) is 43.9. The fourth-order valence-electron chi connectivity index (χ4n) is 9.21. The van der Waals surface area contributed by atoms with Crippen molar-refractivity contribution in [3.8, 4) is 29.1 Å². The van der Waals surface area contributed by atoms with E-state index in [1.54, 1.807) is 17.0 Å². The standard InChI is InChI=1S/C49H51N5O8S/c1-30(2)60-36-20-18-33(19-21-36)45-51-43-39-12-8-9-13-42(39)62-44(43)46(52-45)61-37-25-40-41(55)27-49(48(57)53-63(58,59)38-22-23-38)26-35(49)11-7-5-3-4-6-10-34(47(56)54(40)29-37)24-31-14-16-32(28-50)17-15-31/h7-9,11-21,30,34-35,37-38,40H,3-6,10,22-27,29H2,1-2H3,(H,53,57)/b11-7-/t34-,35+,37-,40+,49-/m1/s1. The van der Waals surface area contributed by atoms with Crippen LogP contribution in [-0.2, 0) is 30.8 Å². The molecule has 0 spiro atoms. The van der Waals surface area contributed by atoms with Gasteiger partial charge in [-0.3, -0.25) is 19.1 Å². The van der Waals surface area contributed by atoms with Crippen LogP contribution >= 0.6 is 0 Å². The molecule has 5 aromatic rings. The van der Waals surface area contributed by atoms with Crippen molar-refractivity contribution in [1.29, 1.82) is 5.26 Å². The summed E-state index contributed by atoms with van der Waals surface area (Å²) >= 11 is 0. The Morgan fingerprint density at radius 2 is 1.78 bits per heavy atom. The Labute approximate surface area is 366 Å². The number of rotatable bonds is 10. The van der Waals surface area contributed by atoms with E-state index < -0.39 is 44.7 Å². The van der Waals surface area contributed by atoms with E-state index in [1.165, 1.54) is 0 Å². The predicted molar refractivity (Wildman–Crippen MR) is 236 cm³/mol. The molecular formula is C49H51N5O8S. The van der Waals surface area contributed by atoms with Gasteiger partial charge in [0.15, 0.2) is 11.6 Å². The SMILES string of the molecule is CC(C)Oc1ccc(-c2nc(O[C@@H]3C[C@H]4C(=O)C[C@]5(C(=O)NS(=O)(=O)C6CC6)C[C@@H]5/C=C\CCCCC[C@H](Cc5ccc(C#N)cc5)C(=O)N4C3)c3oc4ccccc4c3n2)cc1. The molecule has 1 saturated heterocycles. The van der Waals surface area contributed by atoms with E-state index in [0.717, 1.165) is 42.2 Å². The molecule has 0 bridgehead atoms. The quantitative estimate of drug-likeness (QED) is 0.134. The Morgan fingerprint density at radius 3 is 2.52 bits per heavy atom. The highest BCUT2D eigenvalue weighted by atomic mass is 32.2. The van der Waals surface area contributed by atoms with Gasteiger partial charge in [0, 0.05) is 29.7 Å². The van der Waals surface area contributed by atoms with Crippen LogP contribution in [-0.4, -0.2) is 70.9 Å². The van der Waals surface area contributed by atoms with Crippen LogP contribution < -0.4 is 14.2 Å². The highest BCUT2D eigenvalue weighted by molar-refractivity contribution is 7.90. The third-order valence-electron chi connectivity index (χ3n) is 12.8. The normalized spacial score (nSPS) is 24.8. The van der Waals surface area contributed by atoms with Crippen LogP contribution in [0.5, 0.6) is 11.6 Å². The summed E-state index contributed by atoms with van der Waals surface area (Å²) in [6, 6.07) is 23.4. The van der Waals surface area contributed by atoms with Gasteiger partial charge in [0.2, 0.25) is 27.4 Å². The van der Waals surface area contributed by atoms with E-state index in [2.05, 4.69) is 10.8 Å². The molecule has 2 amide bonds. The van der Waals surface area contributed by atoms with Crippen molar-refractivity contribution in [1.82, 2.24) is 19.6 Å². The Bertz CT molecular complexity index is 2740. The first-order chi connectivity index (χ1) is 30.4. The van der Waals surface area contributed by atoms with Crippen molar-refractivity contribution in [2.24, 2.45) is 17.3 Å². The van der Waals surface area contributed by atoms with E-state index in [9.17, 15) is 23.3 Å². The lowest BCUT2D eigenvalue weighted by atomic mass is 9.90. The van der Waals surface area contributed by atoms with Gasteiger partial charge in [0.05, 0.1) is 41.0 Å². The first-order valence-corrected chi connectivity index (χ1v) is 23.6. The van der Waals surface area contributed by atoms with Crippen LogP contribution in [0.2, 0.25) is 0 Å². The molecule has 4 aliphatic rings.